The molecule has 0 saturated carbocycles. The molecule has 3 nitrogen and oxygen atoms in total. The molecule has 0 bridgehead atoms. The average Bonchev–Trinajstić information content (AvgIpc) is 2.45. The minimum absolute atomic E-state index is 0.292. The van der Waals surface area contributed by atoms with E-state index in [0.29, 0.717) is 23.3 Å². The fourth-order valence-corrected chi connectivity index (χ4v) is 2.74. The molecule has 106 valence electrons. The van der Waals surface area contributed by atoms with Crippen LogP contribution in [0.2, 0.25) is 5.02 Å². The van der Waals surface area contributed by atoms with Crippen LogP contribution in [0.1, 0.15) is 43.8 Å². The summed E-state index contributed by atoms with van der Waals surface area (Å²) in [5.74, 6) is 0.705. The van der Waals surface area contributed by atoms with Crippen LogP contribution in [-0.4, -0.2) is 24.9 Å². The van der Waals surface area contributed by atoms with E-state index >= 15 is 0 Å². The predicted octanol–water partition coefficient (Wildman–Crippen LogP) is 3.73. The van der Waals surface area contributed by atoms with Crippen molar-refractivity contribution in [2.75, 3.05) is 13.7 Å². The van der Waals surface area contributed by atoms with Gasteiger partial charge in [0.15, 0.2) is 0 Å². The molecule has 0 radical (unpaired) electrons. The van der Waals surface area contributed by atoms with Gasteiger partial charge in [-0.3, -0.25) is 0 Å². The number of aliphatic hydroxyl groups is 1. The zero-order valence-corrected chi connectivity index (χ0v) is 12.0. The van der Waals surface area contributed by atoms with Gasteiger partial charge in [0.05, 0.1) is 24.3 Å². The van der Waals surface area contributed by atoms with Crippen molar-refractivity contribution in [2.45, 2.75) is 44.3 Å². The summed E-state index contributed by atoms with van der Waals surface area (Å²) < 4.78 is 10.8. The summed E-state index contributed by atoms with van der Waals surface area (Å²) in [4.78, 5) is 0. The smallest absolute Gasteiger partial charge is 0.120 e. The maximum Gasteiger partial charge on any atom is 0.120 e. The van der Waals surface area contributed by atoms with Gasteiger partial charge in [-0.2, -0.15) is 0 Å². The third-order valence-corrected chi connectivity index (χ3v) is 3.93. The van der Waals surface area contributed by atoms with E-state index in [0.717, 1.165) is 31.4 Å². The zero-order valence-electron chi connectivity index (χ0n) is 11.3. The topological polar surface area (TPSA) is 38.7 Å². The molecule has 2 rings (SSSR count). The first-order valence-corrected chi connectivity index (χ1v) is 7.21. The van der Waals surface area contributed by atoms with E-state index in [-0.39, 0.29) is 0 Å². The molecule has 0 aromatic heterocycles. The summed E-state index contributed by atoms with van der Waals surface area (Å²) in [6.07, 6.45) is 4.79. The molecule has 4 heteroatoms. The molecular weight excluding hydrogens is 264 g/mol. The molecule has 1 N–H and O–H groups in total. The molecule has 1 aromatic carbocycles. The quantitative estimate of drug-likeness (QED) is 0.895. The number of aliphatic hydroxyl groups excluding tert-OH is 1. The Hall–Kier alpha value is -0.770. The Morgan fingerprint density at radius 2 is 2.32 bits per heavy atom. The number of hydrogen-bond acceptors (Lipinski definition) is 3. The van der Waals surface area contributed by atoms with E-state index in [1.807, 2.05) is 12.1 Å². The van der Waals surface area contributed by atoms with Crippen molar-refractivity contribution in [1.29, 1.82) is 0 Å². The minimum Gasteiger partial charge on any atom is -0.497 e. The van der Waals surface area contributed by atoms with Crippen molar-refractivity contribution in [3.05, 3.63) is 28.8 Å². The minimum atomic E-state index is -0.538. The van der Waals surface area contributed by atoms with Crippen LogP contribution in [0.3, 0.4) is 0 Å². The molecule has 1 heterocycles. The van der Waals surface area contributed by atoms with Crippen LogP contribution in [0.15, 0.2) is 18.2 Å². The first-order chi connectivity index (χ1) is 9.20. The van der Waals surface area contributed by atoms with Crippen LogP contribution in [-0.2, 0) is 4.74 Å². The van der Waals surface area contributed by atoms with Gasteiger partial charge in [-0.05, 0) is 49.8 Å². The molecule has 1 fully saturated rings. The van der Waals surface area contributed by atoms with Gasteiger partial charge in [-0.1, -0.05) is 17.7 Å². The summed E-state index contributed by atoms with van der Waals surface area (Å²) in [6.45, 7) is 0.851. The fourth-order valence-electron chi connectivity index (χ4n) is 2.44. The normalized spacial score (nSPS) is 21.1. The summed E-state index contributed by atoms with van der Waals surface area (Å²) in [5.41, 5.74) is 0.762. The van der Waals surface area contributed by atoms with Crippen molar-refractivity contribution < 1.29 is 14.6 Å². The van der Waals surface area contributed by atoms with Gasteiger partial charge < -0.3 is 14.6 Å². The number of halogens is 1. The lowest BCUT2D eigenvalue weighted by Crippen LogP contribution is -2.19. The van der Waals surface area contributed by atoms with Crippen molar-refractivity contribution in [3.8, 4) is 5.75 Å². The van der Waals surface area contributed by atoms with Crippen LogP contribution in [0, 0.1) is 0 Å². The number of ether oxygens (including phenoxy) is 2. The summed E-state index contributed by atoms with van der Waals surface area (Å²) in [5, 5.41) is 10.8. The highest BCUT2D eigenvalue weighted by atomic mass is 35.5. The Labute approximate surface area is 119 Å². The van der Waals surface area contributed by atoms with E-state index in [2.05, 4.69) is 0 Å². The molecule has 19 heavy (non-hydrogen) atoms. The molecule has 0 spiro atoms. The Balaban J connectivity index is 1.89. The summed E-state index contributed by atoms with van der Waals surface area (Å²) in [7, 11) is 1.60. The van der Waals surface area contributed by atoms with E-state index in [9.17, 15) is 5.11 Å². The monoisotopic (exact) mass is 284 g/mol. The lowest BCUT2D eigenvalue weighted by Gasteiger charge is -2.23. The Morgan fingerprint density at radius 3 is 2.95 bits per heavy atom. The maximum atomic E-state index is 10.2. The highest BCUT2D eigenvalue weighted by Gasteiger charge is 2.18. The maximum absolute atomic E-state index is 10.2. The van der Waals surface area contributed by atoms with Gasteiger partial charge in [0.2, 0.25) is 0 Å². The third kappa shape index (κ3) is 4.10. The molecule has 0 aliphatic carbocycles. The average molecular weight is 285 g/mol. The number of benzene rings is 1. The van der Waals surface area contributed by atoms with Crippen LogP contribution in [0.5, 0.6) is 5.75 Å². The van der Waals surface area contributed by atoms with E-state index in [1.54, 1.807) is 13.2 Å². The summed E-state index contributed by atoms with van der Waals surface area (Å²) in [6, 6.07) is 5.38. The van der Waals surface area contributed by atoms with Crippen LogP contribution >= 0.6 is 11.6 Å². The molecule has 2 unspecified atom stereocenters. The second-order valence-corrected chi connectivity index (χ2v) is 5.38. The largest absolute Gasteiger partial charge is 0.497 e. The lowest BCUT2D eigenvalue weighted by molar-refractivity contribution is 0.00213. The standard InChI is InChI=1S/C15H21ClO3/c1-18-12-5-7-13(14(16)10-12)15(17)8-6-11-4-2-3-9-19-11/h5,7,10-11,15,17H,2-4,6,8-9H2,1H3. The van der Waals surface area contributed by atoms with Crippen LogP contribution in [0.25, 0.3) is 0 Å². The van der Waals surface area contributed by atoms with Gasteiger partial charge in [0.1, 0.15) is 5.75 Å². The van der Waals surface area contributed by atoms with Crippen LogP contribution in [0.4, 0.5) is 0 Å². The predicted molar refractivity (Wildman–Crippen MR) is 75.8 cm³/mol. The van der Waals surface area contributed by atoms with Crippen molar-refractivity contribution in [2.24, 2.45) is 0 Å². The van der Waals surface area contributed by atoms with Crippen LogP contribution < -0.4 is 4.74 Å². The van der Waals surface area contributed by atoms with E-state index in [1.165, 1.54) is 6.42 Å². The zero-order chi connectivity index (χ0) is 13.7. The van der Waals surface area contributed by atoms with Crippen molar-refractivity contribution in [1.82, 2.24) is 0 Å². The highest BCUT2D eigenvalue weighted by molar-refractivity contribution is 6.31. The van der Waals surface area contributed by atoms with E-state index < -0.39 is 6.10 Å². The number of hydrogen-bond donors (Lipinski definition) is 1. The first-order valence-electron chi connectivity index (χ1n) is 6.84. The van der Waals surface area contributed by atoms with Gasteiger partial charge in [0.25, 0.3) is 0 Å². The van der Waals surface area contributed by atoms with Gasteiger partial charge in [0, 0.05) is 6.61 Å². The third-order valence-electron chi connectivity index (χ3n) is 3.60. The SMILES string of the molecule is COc1ccc(C(O)CCC2CCCCO2)c(Cl)c1. The highest BCUT2D eigenvalue weighted by Crippen LogP contribution is 2.30. The first kappa shape index (κ1) is 14.6. The molecule has 2 atom stereocenters. The second-order valence-electron chi connectivity index (χ2n) is 4.97. The number of methoxy groups -OCH3 is 1. The second kappa shape index (κ2) is 7.13. The Bertz CT molecular complexity index is 402. The van der Waals surface area contributed by atoms with Crippen molar-refractivity contribution >= 4 is 11.6 Å². The van der Waals surface area contributed by atoms with Gasteiger partial charge in [-0.25, -0.2) is 0 Å². The molecule has 1 aliphatic rings. The number of rotatable bonds is 5. The molecular formula is C15H21ClO3. The molecule has 1 aliphatic heterocycles. The molecule has 1 aromatic rings. The molecule has 1 saturated heterocycles. The Morgan fingerprint density at radius 1 is 1.47 bits per heavy atom. The van der Waals surface area contributed by atoms with Crippen molar-refractivity contribution in [3.63, 3.8) is 0 Å². The summed E-state index contributed by atoms with van der Waals surface area (Å²) >= 11 is 6.15. The van der Waals surface area contributed by atoms with Gasteiger partial charge in [-0.15, -0.1) is 0 Å². The van der Waals surface area contributed by atoms with Gasteiger partial charge >= 0.3 is 0 Å². The molecule has 0 amide bonds. The Kier molecular flexibility index (Phi) is 5.49. The van der Waals surface area contributed by atoms with E-state index in [4.69, 9.17) is 21.1 Å². The fraction of sp³-hybridized carbons (Fsp3) is 0.600. The lowest BCUT2D eigenvalue weighted by atomic mass is 9.99.